The molecule has 4 N–H and O–H groups in total. The molecule has 0 spiro atoms. The van der Waals surface area contributed by atoms with Gasteiger partial charge in [0.05, 0.1) is 11.8 Å². The van der Waals surface area contributed by atoms with Crippen molar-refractivity contribution in [1.29, 1.82) is 0 Å². The van der Waals surface area contributed by atoms with Crippen LogP contribution in [-0.2, 0) is 5.41 Å². The van der Waals surface area contributed by atoms with Crippen LogP contribution in [0.1, 0.15) is 42.3 Å². The molecule has 25 heavy (non-hydrogen) atoms. The Morgan fingerprint density at radius 1 is 1.00 bits per heavy atom. The summed E-state index contributed by atoms with van der Waals surface area (Å²) in [6, 6.07) is 14.3. The van der Waals surface area contributed by atoms with Crippen molar-refractivity contribution >= 4 is 18.1 Å². The second-order valence-corrected chi connectivity index (χ2v) is 6.56. The fourth-order valence-electron chi connectivity index (χ4n) is 2.06. The lowest BCUT2D eigenvalue weighted by Gasteiger charge is -2.18. The van der Waals surface area contributed by atoms with Crippen molar-refractivity contribution in [3.05, 3.63) is 65.2 Å². The molecule has 0 aliphatic heterocycles. The summed E-state index contributed by atoms with van der Waals surface area (Å²) in [7, 11) is 0. The van der Waals surface area contributed by atoms with Crippen LogP contribution in [0.25, 0.3) is 0 Å². The predicted molar refractivity (Wildman–Crippen MR) is 99.9 cm³/mol. The van der Waals surface area contributed by atoms with Crippen molar-refractivity contribution < 1.29 is 9.53 Å². The van der Waals surface area contributed by atoms with Crippen LogP contribution >= 0.6 is 0 Å². The molecule has 0 saturated carbocycles. The Hall–Kier alpha value is -3.15. The van der Waals surface area contributed by atoms with Gasteiger partial charge in [-0.15, -0.1) is 5.10 Å². The van der Waals surface area contributed by atoms with Gasteiger partial charge in [-0.05, 0) is 52.9 Å². The lowest BCUT2D eigenvalue weighted by atomic mass is 9.87. The number of hydrogen-bond acceptors (Lipinski definition) is 4. The number of ether oxygens (including phenoxy) is 1. The molecule has 0 heterocycles. The molecule has 0 fully saturated rings. The highest BCUT2D eigenvalue weighted by Gasteiger charge is 2.15. The first-order valence-corrected chi connectivity index (χ1v) is 7.80. The fraction of sp³-hybridized carbons (Fsp3) is 0.211. The van der Waals surface area contributed by atoms with Crippen molar-refractivity contribution in [3.8, 4) is 5.75 Å². The maximum Gasteiger partial charge on any atom is 0.343 e. The SMILES string of the molecule is CC(C)(C)c1ccc(C(=O)Oc2ccc(/C=N\N=C(N)N)cc2)cc1. The predicted octanol–water partition coefficient (Wildman–Crippen LogP) is 2.81. The topological polar surface area (TPSA) is 103 Å². The van der Waals surface area contributed by atoms with Gasteiger partial charge in [0.15, 0.2) is 0 Å². The molecule has 2 aromatic rings. The summed E-state index contributed by atoms with van der Waals surface area (Å²) >= 11 is 0. The highest BCUT2D eigenvalue weighted by molar-refractivity contribution is 5.91. The molecule has 0 aromatic heterocycles. The van der Waals surface area contributed by atoms with Crippen LogP contribution < -0.4 is 16.2 Å². The first-order valence-electron chi connectivity index (χ1n) is 7.80. The normalized spacial score (nSPS) is 11.3. The van der Waals surface area contributed by atoms with E-state index in [4.69, 9.17) is 16.2 Å². The number of nitrogens with zero attached hydrogens (tertiary/aromatic N) is 2. The first kappa shape index (κ1) is 18.2. The molecule has 0 aliphatic rings. The number of rotatable bonds is 4. The molecule has 2 aromatic carbocycles. The molecule has 0 radical (unpaired) electrons. The van der Waals surface area contributed by atoms with Crippen LogP contribution in [0, 0.1) is 0 Å². The van der Waals surface area contributed by atoms with E-state index in [0.29, 0.717) is 11.3 Å². The van der Waals surface area contributed by atoms with Crippen molar-refractivity contribution in [2.24, 2.45) is 21.7 Å². The second-order valence-electron chi connectivity index (χ2n) is 6.56. The van der Waals surface area contributed by atoms with Crippen LogP contribution in [0.15, 0.2) is 58.7 Å². The molecule has 6 nitrogen and oxygen atoms in total. The summed E-state index contributed by atoms with van der Waals surface area (Å²) < 4.78 is 5.37. The Balaban J connectivity index is 2.03. The second kappa shape index (κ2) is 7.61. The summed E-state index contributed by atoms with van der Waals surface area (Å²) in [5.41, 5.74) is 12.8. The molecule has 0 amide bonds. The van der Waals surface area contributed by atoms with E-state index in [1.807, 2.05) is 12.1 Å². The Morgan fingerprint density at radius 3 is 2.12 bits per heavy atom. The third-order valence-corrected chi connectivity index (χ3v) is 3.46. The Labute approximate surface area is 147 Å². The maximum atomic E-state index is 12.2. The highest BCUT2D eigenvalue weighted by Crippen LogP contribution is 2.22. The van der Waals surface area contributed by atoms with Crippen LogP contribution in [0.5, 0.6) is 5.75 Å². The third-order valence-electron chi connectivity index (χ3n) is 3.46. The van der Waals surface area contributed by atoms with Crippen LogP contribution in [-0.4, -0.2) is 18.1 Å². The smallest absolute Gasteiger partial charge is 0.343 e. The Kier molecular flexibility index (Phi) is 5.54. The first-order chi connectivity index (χ1) is 11.8. The number of esters is 1. The minimum absolute atomic E-state index is 0.0401. The van der Waals surface area contributed by atoms with Gasteiger partial charge >= 0.3 is 5.97 Å². The Bertz CT molecular complexity index is 782. The Morgan fingerprint density at radius 2 is 1.60 bits per heavy atom. The molecular weight excluding hydrogens is 316 g/mol. The summed E-state index contributed by atoms with van der Waals surface area (Å²) in [4.78, 5) is 12.2. The average molecular weight is 338 g/mol. The van der Waals surface area contributed by atoms with E-state index in [1.54, 1.807) is 36.4 Å². The van der Waals surface area contributed by atoms with Crippen molar-refractivity contribution in [3.63, 3.8) is 0 Å². The molecule has 6 heteroatoms. The van der Waals surface area contributed by atoms with Gasteiger partial charge in [0.1, 0.15) is 5.75 Å². The zero-order valence-corrected chi connectivity index (χ0v) is 14.6. The van der Waals surface area contributed by atoms with Gasteiger partial charge in [0, 0.05) is 0 Å². The molecule has 0 bridgehead atoms. The van der Waals surface area contributed by atoms with Gasteiger partial charge in [-0.25, -0.2) is 4.79 Å². The number of nitrogens with two attached hydrogens (primary N) is 2. The average Bonchev–Trinajstić information content (AvgIpc) is 2.55. The van der Waals surface area contributed by atoms with Crippen LogP contribution in [0.2, 0.25) is 0 Å². The molecule has 0 unspecified atom stereocenters. The van der Waals surface area contributed by atoms with Crippen molar-refractivity contribution in [2.75, 3.05) is 0 Å². The molecule has 130 valence electrons. The van der Waals surface area contributed by atoms with Gasteiger partial charge < -0.3 is 16.2 Å². The fourth-order valence-corrected chi connectivity index (χ4v) is 2.06. The quantitative estimate of drug-likeness (QED) is 0.294. The number of carbonyl (C=O) groups is 1. The van der Waals surface area contributed by atoms with Gasteiger partial charge in [-0.3, -0.25) is 0 Å². The van der Waals surface area contributed by atoms with Crippen LogP contribution in [0.4, 0.5) is 0 Å². The van der Waals surface area contributed by atoms with Gasteiger partial charge in [-0.2, -0.15) is 5.10 Å². The number of hydrogen-bond donors (Lipinski definition) is 2. The lowest BCUT2D eigenvalue weighted by Crippen LogP contribution is -2.21. The van der Waals surface area contributed by atoms with Crippen molar-refractivity contribution in [2.45, 2.75) is 26.2 Å². The van der Waals surface area contributed by atoms with E-state index < -0.39 is 5.97 Å². The minimum atomic E-state index is -0.401. The minimum Gasteiger partial charge on any atom is -0.423 e. The molecule has 0 atom stereocenters. The number of benzene rings is 2. The maximum absolute atomic E-state index is 12.2. The van der Waals surface area contributed by atoms with Gasteiger partial charge in [0.25, 0.3) is 0 Å². The zero-order chi connectivity index (χ0) is 18.4. The van der Waals surface area contributed by atoms with E-state index in [1.165, 1.54) is 6.21 Å². The largest absolute Gasteiger partial charge is 0.423 e. The monoisotopic (exact) mass is 338 g/mol. The van der Waals surface area contributed by atoms with E-state index >= 15 is 0 Å². The lowest BCUT2D eigenvalue weighted by molar-refractivity contribution is 0.0734. The molecular formula is C19H22N4O2. The van der Waals surface area contributed by atoms with Crippen molar-refractivity contribution in [1.82, 2.24) is 0 Å². The number of guanidine groups is 1. The van der Waals surface area contributed by atoms with Crippen LogP contribution in [0.3, 0.4) is 0 Å². The summed E-state index contributed by atoms with van der Waals surface area (Å²) in [5, 5.41) is 7.22. The standard InChI is InChI=1S/C19H22N4O2/c1-19(2,3)15-8-6-14(7-9-15)17(24)25-16-10-4-13(5-11-16)12-22-23-18(20)21/h4-12H,1-3H3,(H4,20,21,23)/b22-12-. The summed E-state index contributed by atoms with van der Waals surface area (Å²) in [6.07, 6.45) is 1.50. The van der Waals surface area contributed by atoms with E-state index in [0.717, 1.165) is 11.1 Å². The van der Waals surface area contributed by atoms with E-state index in [-0.39, 0.29) is 11.4 Å². The van der Waals surface area contributed by atoms with E-state index in [2.05, 4.69) is 31.0 Å². The molecule has 0 saturated heterocycles. The number of carbonyl (C=O) groups excluding carboxylic acids is 1. The van der Waals surface area contributed by atoms with Gasteiger partial charge in [-0.1, -0.05) is 32.9 Å². The third kappa shape index (κ3) is 5.46. The van der Waals surface area contributed by atoms with Gasteiger partial charge in [0.2, 0.25) is 5.96 Å². The molecule has 0 aliphatic carbocycles. The van der Waals surface area contributed by atoms with E-state index in [9.17, 15) is 4.79 Å². The highest BCUT2D eigenvalue weighted by atomic mass is 16.5. The summed E-state index contributed by atoms with van der Waals surface area (Å²) in [6.45, 7) is 6.37. The molecule has 2 rings (SSSR count). The zero-order valence-electron chi connectivity index (χ0n) is 14.6. The summed E-state index contributed by atoms with van der Waals surface area (Å²) in [5.74, 6) is -0.0643.